The van der Waals surface area contributed by atoms with Crippen LogP contribution in [-0.2, 0) is 12.5 Å². The van der Waals surface area contributed by atoms with Gasteiger partial charge >= 0.3 is 0 Å². The van der Waals surface area contributed by atoms with E-state index in [9.17, 15) is 4.39 Å². The van der Waals surface area contributed by atoms with Gasteiger partial charge in [-0.05, 0) is 18.2 Å². The molecule has 2 aromatic rings. The van der Waals surface area contributed by atoms with Crippen molar-refractivity contribution in [2.24, 2.45) is 7.05 Å². The lowest BCUT2D eigenvalue weighted by Crippen LogP contribution is -2.14. The number of nitrogen functional groups attached to an aromatic ring is 1. The van der Waals surface area contributed by atoms with E-state index in [0.717, 1.165) is 11.3 Å². The molecule has 0 aliphatic heterocycles. The monoisotopic (exact) mass is 247 g/mol. The second kappa shape index (κ2) is 4.12. The molecule has 0 aliphatic rings. The molecule has 18 heavy (non-hydrogen) atoms. The molecule has 0 fully saturated rings. The quantitative estimate of drug-likeness (QED) is 0.787. The Kier molecular flexibility index (Phi) is 2.89. The zero-order valence-corrected chi connectivity index (χ0v) is 11.2. The van der Waals surface area contributed by atoms with Crippen LogP contribution in [-0.4, -0.2) is 9.78 Å². The van der Waals surface area contributed by atoms with E-state index < -0.39 is 0 Å². The Labute approximate surface area is 106 Å². The summed E-state index contributed by atoms with van der Waals surface area (Å²) < 4.78 is 15.7. The highest BCUT2D eigenvalue weighted by molar-refractivity contribution is 5.69. The summed E-state index contributed by atoms with van der Waals surface area (Å²) in [7, 11) is 1.84. The maximum atomic E-state index is 14.0. The van der Waals surface area contributed by atoms with Crippen molar-refractivity contribution in [3.8, 4) is 11.1 Å². The van der Waals surface area contributed by atoms with Crippen LogP contribution in [0.25, 0.3) is 11.1 Å². The van der Waals surface area contributed by atoms with Gasteiger partial charge in [-0.3, -0.25) is 4.68 Å². The van der Waals surface area contributed by atoms with Crippen molar-refractivity contribution in [1.29, 1.82) is 0 Å². The molecule has 4 heteroatoms. The van der Waals surface area contributed by atoms with Crippen LogP contribution < -0.4 is 5.73 Å². The van der Waals surface area contributed by atoms with Crippen molar-refractivity contribution in [2.75, 3.05) is 5.73 Å². The third-order valence-corrected chi connectivity index (χ3v) is 2.82. The molecule has 1 heterocycles. The lowest BCUT2D eigenvalue weighted by atomic mass is 9.87. The van der Waals surface area contributed by atoms with Gasteiger partial charge in [0.15, 0.2) is 0 Å². The number of hydrogen-bond acceptors (Lipinski definition) is 2. The topological polar surface area (TPSA) is 43.8 Å². The minimum Gasteiger partial charge on any atom is -0.399 e. The highest BCUT2D eigenvalue weighted by atomic mass is 19.1. The molecule has 0 radical (unpaired) electrons. The SMILES string of the molecule is Cn1cc(-c2ccc(N)cc2F)c(C(C)(C)C)n1. The van der Waals surface area contributed by atoms with E-state index >= 15 is 0 Å². The minimum absolute atomic E-state index is 0.135. The molecule has 0 aliphatic carbocycles. The molecular weight excluding hydrogens is 229 g/mol. The maximum Gasteiger partial charge on any atom is 0.133 e. The summed E-state index contributed by atoms with van der Waals surface area (Å²) in [5.74, 6) is -0.312. The van der Waals surface area contributed by atoms with E-state index in [1.165, 1.54) is 6.07 Å². The largest absolute Gasteiger partial charge is 0.399 e. The Balaban J connectivity index is 2.64. The summed E-state index contributed by atoms with van der Waals surface area (Å²) in [5, 5.41) is 4.44. The first-order valence-corrected chi connectivity index (χ1v) is 5.88. The number of hydrogen-bond donors (Lipinski definition) is 1. The zero-order valence-electron chi connectivity index (χ0n) is 11.2. The lowest BCUT2D eigenvalue weighted by Gasteiger charge is -2.17. The molecule has 0 bridgehead atoms. The van der Waals surface area contributed by atoms with E-state index in [1.54, 1.807) is 16.8 Å². The zero-order chi connectivity index (χ0) is 13.5. The molecule has 0 saturated carbocycles. The van der Waals surface area contributed by atoms with Crippen molar-refractivity contribution >= 4 is 5.69 Å². The molecule has 1 aromatic carbocycles. The Morgan fingerprint density at radius 1 is 1.22 bits per heavy atom. The van der Waals surface area contributed by atoms with Gasteiger partial charge in [0, 0.05) is 35.5 Å². The van der Waals surface area contributed by atoms with Gasteiger partial charge in [-0.25, -0.2) is 4.39 Å². The third-order valence-electron chi connectivity index (χ3n) is 2.82. The third kappa shape index (κ3) is 2.23. The number of halogens is 1. The van der Waals surface area contributed by atoms with Crippen molar-refractivity contribution < 1.29 is 4.39 Å². The summed E-state index contributed by atoms with van der Waals surface area (Å²) >= 11 is 0. The number of rotatable bonds is 1. The van der Waals surface area contributed by atoms with Crippen LogP contribution in [0.1, 0.15) is 26.5 Å². The van der Waals surface area contributed by atoms with E-state index in [2.05, 4.69) is 25.9 Å². The minimum atomic E-state index is -0.312. The van der Waals surface area contributed by atoms with Crippen LogP contribution in [0.4, 0.5) is 10.1 Å². The Bertz CT molecular complexity index is 579. The highest BCUT2D eigenvalue weighted by Gasteiger charge is 2.24. The predicted octanol–water partition coefficient (Wildman–Crippen LogP) is 3.11. The van der Waals surface area contributed by atoms with Gasteiger partial charge in [0.2, 0.25) is 0 Å². The molecule has 2 N–H and O–H groups in total. The molecule has 0 amide bonds. The Morgan fingerprint density at radius 3 is 2.44 bits per heavy atom. The van der Waals surface area contributed by atoms with Gasteiger partial charge in [-0.2, -0.15) is 5.10 Å². The molecule has 0 unspecified atom stereocenters. The number of nitrogens with zero attached hydrogens (tertiary/aromatic N) is 2. The molecule has 96 valence electrons. The van der Waals surface area contributed by atoms with Crippen LogP contribution in [0, 0.1) is 5.82 Å². The fraction of sp³-hybridized carbons (Fsp3) is 0.357. The fourth-order valence-corrected chi connectivity index (χ4v) is 1.99. The van der Waals surface area contributed by atoms with Crippen molar-refractivity contribution in [3.05, 3.63) is 35.9 Å². The van der Waals surface area contributed by atoms with Crippen LogP contribution >= 0.6 is 0 Å². The van der Waals surface area contributed by atoms with Gasteiger partial charge in [0.05, 0.1) is 5.69 Å². The normalized spacial score (nSPS) is 11.8. The van der Waals surface area contributed by atoms with Crippen LogP contribution in [0.3, 0.4) is 0 Å². The second-order valence-corrected chi connectivity index (χ2v) is 5.55. The summed E-state index contributed by atoms with van der Waals surface area (Å²) in [5.41, 5.74) is 8.12. The van der Waals surface area contributed by atoms with E-state index in [0.29, 0.717) is 11.3 Å². The summed E-state index contributed by atoms with van der Waals surface area (Å²) in [6.45, 7) is 6.19. The van der Waals surface area contributed by atoms with Gasteiger partial charge in [-0.1, -0.05) is 20.8 Å². The van der Waals surface area contributed by atoms with Crippen molar-refractivity contribution in [3.63, 3.8) is 0 Å². The molecule has 0 atom stereocenters. The lowest BCUT2D eigenvalue weighted by molar-refractivity contribution is 0.553. The number of anilines is 1. The maximum absolute atomic E-state index is 14.0. The summed E-state index contributed by atoms with van der Waals surface area (Å²) in [4.78, 5) is 0. The van der Waals surface area contributed by atoms with Crippen LogP contribution in [0.15, 0.2) is 24.4 Å². The Hall–Kier alpha value is -1.84. The standard InChI is InChI=1S/C14H18FN3/c1-14(2,3)13-11(8-18(4)17-13)10-6-5-9(16)7-12(10)15/h5-8H,16H2,1-4H3. The smallest absolute Gasteiger partial charge is 0.133 e. The van der Waals surface area contributed by atoms with Crippen molar-refractivity contribution in [2.45, 2.75) is 26.2 Å². The van der Waals surface area contributed by atoms with Crippen LogP contribution in [0.2, 0.25) is 0 Å². The average Bonchev–Trinajstić information content (AvgIpc) is 2.59. The molecule has 0 spiro atoms. The number of aromatic nitrogens is 2. The Morgan fingerprint density at radius 2 is 1.89 bits per heavy atom. The number of nitrogens with two attached hydrogens (primary N) is 1. The first kappa shape index (κ1) is 12.6. The first-order valence-electron chi connectivity index (χ1n) is 5.88. The first-order chi connectivity index (χ1) is 8.29. The van der Waals surface area contributed by atoms with Gasteiger partial charge < -0.3 is 5.73 Å². The van der Waals surface area contributed by atoms with Gasteiger partial charge in [-0.15, -0.1) is 0 Å². The fourth-order valence-electron chi connectivity index (χ4n) is 1.99. The van der Waals surface area contributed by atoms with Crippen LogP contribution in [0.5, 0.6) is 0 Å². The molecule has 1 aromatic heterocycles. The average molecular weight is 247 g/mol. The number of aryl methyl sites for hydroxylation is 1. The van der Waals surface area contributed by atoms with E-state index in [1.807, 2.05) is 13.2 Å². The van der Waals surface area contributed by atoms with Crippen molar-refractivity contribution in [1.82, 2.24) is 9.78 Å². The van der Waals surface area contributed by atoms with E-state index in [-0.39, 0.29) is 11.2 Å². The van der Waals surface area contributed by atoms with Gasteiger partial charge in [0.1, 0.15) is 5.82 Å². The second-order valence-electron chi connectivity index (χ2n) is 5.55. The molecular formula is C14H18FN3. The number of benzene rings is 1. The summed E-state index contributed by atoms with van der Waals surface area (Å²) in [6.07, 6.45) is 1.84. The highest BCUT2D eigenvalue weighted by Crippen LogP contribution is 2.33. The molecule has 3 nitrogen and oxygen atoms in total. The van der Waals surface area contributed by atoms with Gasteiger partial charge in [0.25, 0.3) is 0 Å². The van der Waals surface area contributed by atoms with E-state index in [4.69, 9.17) is 5.73 Å². The predicted molar refractivity (Wildman–Crippen MR) is 71.7 cm³/mol. The molecule has 2 rings (SSSR count). The summed E-state index contributed by atoms with van der Waals surface area (Å²) in [6, 6.07) is 4.75. The molecule has 0 saturated heterocycles.